The Labute approximate surface area is 146 Å². The summed E-state index contributed by atoms with van der Waals surface area (Å²) in [5.41, 5.74) is 2.45. The molecule has 1 aliphatic rings. The van der Waals surface area contributed by atoms with Gasteiger partial charge in [0.1, 0.15) is 17.4 Å². The smallest absolute Gasteiger partial charge is 0.196 e. The Balaban J connectivity index is 0.00000169. The number of hydrogen-bond acceptors (Lipinski definition) is 6. The second-order valence-electron chi connectivity index (χ2n) is 5.73. The number of rotatable bonds is 5. The van der Waals surface area contributed by atoms with Gasteiger partial charge in [-0.2, -0.15) is 0 Å². The largest absolute Gasteiger partial charge is 1.00 e. The van der Waals surface area contributed by atoms with Crippen molar-refractivity contribution in [2.45, 2.75) is 6.42 Å². The maximum atomic E-state index is 5.92. The van der Waals surface area contributed by atoms with Crippen molar-refractivity contribution in [1.82, 2.24) is 14.9 Å². The molecule has 24 heavy (non-hydrogen) atoms. The van der Waals surface area contributed by atoms with Crippen LogP contribution in [0.15, 0.2) is 35.0 Å². The molecular weight excluding hydrogens is 328 g/mol. The topological polar surface area (TPSA) is 63.4 Å². The molecule has 128 valence electrons. The Morgan fingerprint density at radius 1 is 1.12 bits per heavy atom. The van der Waals surface area contributed by atoms with Gasteiger partial charge in [-0.05, 0) is 25.1 Å². The Morgan fingerprint density at radius 2 is 1.96 bits per heavy atom. The first-order valence-corrected chi connectivity index (χ1v) is 8.08. The van der Waals surface area contributed by atoms with Crippen LogP contribution in [0.25, 0.3) is 22.1 Å². The van der Waals surface area contributed by atoms with Gasteiger partial charge >= 0.3 is 0 Å². The highest BCUT2D eigenvalue weighted by molar-refractivity contribution is 6.05. The second-order valence-corrected chi connectivity index (χ2v) is 5.73. The van der Waals surface area contributed by atoms with E-state index >= 15 is 0 Å². The number of benzene rings is 1. The summed E-state index contributed by atoms with van der Waals surface area (Å²) in [6.07, 6.45) is 2.65. The SMILES string of the molecule is [Cl-].c1ccc2c(c1)oc1c(NCCCN3CCOCC3)ncnc12. The van der Waals surface area contributed by atoms with Crippen LogP contribution in [-0.4, -0.2) is 54.3 Å². The van der Waals surface area contributed by atoms with Crippen molar-refractivity contribution in [3.63, 3.8) is 0 Å². The number of hydrogen-bond donors (Lipinski definition) is 1. The Morgan fingerprint density at radius 3 is 2.83 bits per heavy atom. The third-order valence-corrected chi connectivity index (χ3v) is 4.21. The summed E-state index contributed by atoms with van der Waals surface area (Å²) in [5.74, 6) is 0.771. The maximum absolute atomic E-state index is 5.92. The lowest BCUT2D eigenvalue weighted by Crippen LogP contribution is -3.00. The molecule has 0 atom stereocenters. The number of ether oxygens (including phenoxy) is 1. The van der Waals surface area contributed by atoms with Gasteiger partial charge < -0.3 is 26.9 Å². The van der Waals surface area contributed by atoms with E-state index in [1.807, 2.05) is 24.3 Å². The van der Waals surface area contributed by atoms with E-state index in [2.05, 4.69) is 20.2 Å². The molecule has 4 rings (SSSR count). The highest BCUT2D eigenvalue weighted by Crippen LogP contribution is 2.30. The lowest BCUT2D eigenvalue weighted by molar-refractivity contribution is -0.00000667. The second kappa shape index (κ2) is 7.79. The number of nitrogens with zero attached hydrogens (tertiary/aromatic N) is 3. The molecule has 2 aromatic heterocycles. The highest BCUT2D eigenvalue weighted by Gasteiger charge is 2.13. The van der Waals surface area contributed by atoms with Gasteiger partial charge in [0.15, 0.2) is 11.4 Å². The summed E-state index contributed by atoms with van der Waals surface area (Å²) >= 11 is 0. The molecule has 0 saturated carbocycles. The lowest BCUT2D eigenvalue weighted by Gasteiger charge is -2.26. The third kappa shape index (κ3) is 3.45. The first-order valence-electron chi connectivity index (χ1n) is 8.08. The van der Waals surface area contributed by atoms with Gasteiger partial charge in [-0.15, -0.1) is 0 Å². The van der Waals surface area contributed by atoms with Crippen molar-refractivity contribution >= 4 is 27.9 Å². The van der Waals surface area contributed by atoms with Crippen LogP contribution in [0.4, 0.5) is 5.82 Å². The molecule has 0 aliphatic carbocycles. The molecule has 3 heterocycles. The number of anilines is 1. The van der Waals surface area contributed by atoms with Crippen molar-refractivity contribution in [3.8, 4) is 0 Å². The lowest BCUT2D eigenvalue weighted by atomic mass is 10.2. The van der Waals surface area contributed by atoms with Crippen LogP contribution >= 0.6 is 0 Å². The predicted molar refractivity (Wildman–Crippen MR) is 89.7 cm³/mol. The molecule has 3 aromatic rings. The normalized spacial score (nSPS) is 15.5. The van der Waals surface area contributed by atoms with E-state index in [4.69, 9.17) is 9.15 Å². The van der Waals surface area contributed by atoms with E-state index < -0.39 is 0 Å². The van der Waals surface area contributed by atoms with Gasteiger partial charge in [0, 0.05) is 25.0 Å². The minimum absolute atomic E-state index is 0. The van der Waals surface area contributed by atoms with Gasteiger partial charge in [0.25, 0.3) is 0 Å². The molecule has 6 nitrogen and oxygen atoms in total. The van der Waals surface area contributed by atoms with E-state index in [9.17, 15) is 0 Å². The van der Waals surface area contributed by atoms with Crippen LogP contribution in [0.1, 0.15) is 6.42 Å². The van der Waals surface area contributed by atoms with Crippen molar-refractivity contribution in [2.24, 2.45) is 0 Å². The number of nitrogens with one attached hydrogen (secondary N) is 1. The first-order chi connectivity index (χ1) is 11.4. The summed E-state index contributed by atoms with van der Waals surface area (Å²) < 4.78 is 11.3. The zero-order chi connectivity index (χ0) is 15.5. The zero-order valence-electron chi connectivity index (χ0n) is 13.4. The molecule has 1 N–H and O–H groups in total. The van der Waals surface area contributed by atoms with Crippen LogP contribution in [0, 0.1) is 0 Å². The molecule has 7 heteroatoms. The summed E-state index contributed by atoms with van der Waals surface area (Å²) in [4.78, 5) is 11.1. The van der Waals surface area contributed by atoms with Crippen molar-refractivity contribution in [1.29, 1.82) is 0 Å². The van der Waals surface area contributed by atoms with Crippen LogP contribution in [0.5, 0.6) is 0 Å². The molecule has 0 radical (unpaired) electrons. The summed E-state index contributed by atoms with van der Waals surface area (Å²) in [7, 11) is 0. The fraction of sp³-hybridized carbons (Fsp3) is 0.412. The number of fused-ring (bicyclic) bond motifs is 3. The Bertz CT molecular complexity index is 801. The van der Waals surface area contributed by atoms with Crippen molar-refractivity contribution < 1.29 is 21.6 Å². The van der Waals surface area contributed by atoms with Crippen LogP contribution in [-0.2, 0) is 4.74 Å². The van der Waals surface area contributed by atoms with E-state index in [0.717, 1.165) is 73.7 Å². The molecular formula is C17H20ClN4O2-. The van der Waals surface area contributed by atoms with Crippen LogP contribution in [0.3, 0.4) is 0 Å². The monoisotopic (exact) mass is 347 g/mol. The minimum atomic E-state index is 0. The summed E-state index contributed by atoms with van der Waals surface area (Å²) in [6, 6.07) is 7.94. The van der Waals surface area contributed by atoms with Gasteiger partial charge in [-0.25, -0.2) is 9.97 Å². The van der Waals surface area contributed by atoms with E-state index in [1.54, 1.807) is 6.33 Å². The molecule has 1 aromatic carbocycles. The highest BCUT2D eigenvalue weighted by atomic mass is 35.5. The average Bonchev–Trinajstić information content (AvgIpc) is 2.99. The third-order valence-electron chi connectivity index (χ3n) is 4.21. The van der Waals surface area contributed by atoms with Gasteiger partial charge in [-0.3, -0.25) is 4.90 Å². The fourth-order valence-corrected chi connectivity index (χ4v) is 2.98. The number of halogens is 1. The number of furan rings is 1. The molecule has 0 bridgehead atoms. The molecule has 1 fully saturated rings. The minimum Gasteiger partial charge on any atom is -1.00 e. The number of morpholine rings is 1. The molecule has 0 unspecified atom stereocenters. The van der Waals surface area contributed by atoms with Crippen LogP contribution in [0.2, 0.25) is 0 Å². The first kappa shape index (κ1) is 17.0. The maximum Gasteiger partial charge on any atom is 0.196 e. The van der Waals surface area contributed by atoms with Crippen molar-refractivity contribution in [2.75, 3.05) is 44.7 Å². The van der Waals surface area contributed by atoms with Gasteiger partial charge in [-0.1, -0.05) is 12.1 Å². The summed E-state index contributed by atoms with van der Waals surface area (Å²) in [6.45, 7) is 5.69. The zero-order valence-corrected chi connectivity index (χ0v) is 14.1. The quantitative estimate of drug-likeness (QED) is 0.629. The fourth-order valence-electron chi connectivity index (χ4n) is 2.98. The number of aromatic nitrogens is 2. The molecule has 1 saturated heterocycles. The average molecular weight is 348 g/mol. The predicted octanol–water partition coefficient (Wildman–Crippen LogP) is -0.486. The van der Waals surface area contributed by atoms with Gasteiger partial charge in [0.05, 0.1) is 13.2 Å². The van der Waals surface area contributed by atoms with E-state index in [-0.39, 0.29) is 12.4 Å². The van der Waals surface area contributed by atoms with Crippen molar-refractivity contribution in [3.05, 3.63) is 30.6 Å². The van der Waals surface area contributed by atoms with Crippen LogP contribution < -0.4 is 17.7 Å². The standard InChI is InChI=1S/C17H20N4O2.ClH/c1-2-5-14-13(4-1)15-16(23-14)17(20-12-19-15)18-6-3-7-21-8-10-22-11-9-21;/h1-2,4-5,12H,3,6-11H2,(H,18,19,20);1H/p-1. The number of para-hydroxylation sites is 1. The molecule has 0 amide bonds. The van der Waals surface area contributed by atoms with Gasteiger partial charge in [0.2, 0.25) is 0 Å². The summed E-state index contributed by atoms with van der Waals surface area (Å²) in [5, 5.41) is 4.41. The Hall–Kier alpha value is -1.89. The molecule has 1 aliphatic heterocycles. The Kier molecular flexibility index (Phi) is 5.50. The van der Waals surface area contributed by atoms with E-state index in [0.29, 0.717) is 0 Å². The molecule has 0 spiro atoms. The van der Waals surface area contributed by atoms with E-state index in [1.165, 1.54) is 0 Å².